The molecule has 0 saturated carbocycles. The summed E-state index contributed by atoms with van der Waals surface area (Å²) < 4.78 is 11.1. The van der Waals surface area contributed by atoms with Gasteiger partial charge in [0.1, 0.15) is 30.2 Å². The second-order valence-electron chi connectivity index (χ2n) is 11.1. The van der Waals surface area contributed by atoms with Crippen molar-refractivity contribution >= 4 is 23.6 Å². The molecule has 11 heteroatoms. The van der Waals surface area contributed by atoms with Crippen molar-refractivity contribution in [2.75, 3.05) is 46.4 Å². The highest BCUT2D eigenvalue weighted by Gasteiger charge is 2.33. The Balaban J connectivity index is 1.49. The molecule has 4 rings (SSSR count). The molecule has 1 saturated heterocycles. The molecule has 2 aliphatic rings. The predicted molar refractivity (Wildman–Crippen MR) is 157 cm³/mol. The van der Waals surface area contributed by atoms with Crippen molar-refractivity contribution in [1.82, 2.24) is 25.8 Å². The molecule has 1 fully saturated rings. The first-order valence-electron chi connectivity index (χ1n) is 14.5. The third-order valence-electron chi connectivity index (χ3n) is 7.37. The van der Waals surface area contributed by atoms with Gasteiger partial charge in [0.05, 0.1) is 25.6 Å². The van der Waals surface area contributed by atoms with Crippen LogP contribution in [0.25, 0.3) is 0 Å². The summed E-state index contributed by atoms with van der Waals surface area (Å²) in [5.41, 5.74) is 1.37. The molecule has 2 aliphatic heterocycles. The van der Waals surface area contributed by atoms with Crippen molar-refractivity contribution in [1.29, 1.82) is 0 Å². The van der Waals surface area contributed by atoms with Crippen LogP contribution in [0.15, 0.2) is 48.5 Å². The van der Waals surface area contributed by atoms with Gasteiger partial charge in [-0.3, -0.25) is 24.1 Å². The highest BCUT2D eigenvalue weighted by Crippen LogP contribution is 2.20. The summed E-state index contributed by atoms with van der Waals surface area (Å²) in [4.78, 5) is 57.1. The van der Waals surface area contributed by atoms with Gasteiger partial charge in [-0.15, -0.1) is 0 Å². The quantitative estimate of drug-likeness (QED) is 0.474. The van der Waals surface area contributed by atoms with Gasteiger partial charge in [-0.05, 0) is 42.2 Å². The van der Waals surface area contributed by atoms with E-state index in [-0.39, 0.29) is 42.9 Å². The maximum atomic E-state index is 13.8. The van der Waals surface area contributed by atoms with Gasteiger partial charge in [0.25, 0.3) is 5.91 Å². The average Bonchev–Trinajstić information content (AvgIpc) is 2.98. The van der Waals surface area contributed by atoms with Crippen molar-refractivity contribution in [2.45, 2.75) is 45.3 Å². The van der Waals surface area contributed by atoms with Crippen LogP contribution >= 0.6 is 0 Å². The van der Waals surface area contributed by atoms with E-state index in [1.807, 2.05) is 38.1 Å². The van der Waals surface area contributed by atoms with Gasteiger partial charge in [0, 0.05) is 32.7 Å². The van der Waals surface area contributed by atoms with Gasteiger partial charge in [-0.1, -0.05) is 38.1 Å². The number of carbonyl (C=O) groups is 4. The summed E-state index contributed by atoms with van der Waals surface area (Å²) in [5.74, 6) is -0.361. The highest BCUT2D eigenvalue weighted by molar-refractivity contribution is 6.01. The lowest BCUT2D eigenvalue weighted by Crippen LogP contribution is -2.56. The van der Waals surface area contributed by atoms with E-state index in [9.17, 15) is 19.2 Å². The molecule has 2 atom stereocenters. The van der Waals surface area contributed by atoms with Gasteiger partial charge in [0.2, 0.25) is 17.7 Å². The van der Waals surface area contributed by atoms with Crippen molar-refractivity contribution < 1.29 is 28.7 Å². The molecule has 0 bridgehead atoms. The summed E-state index contributed by atoms with van der Waals surface area (Å²) in [6, 6.07) is 12.7. The predicted octanol–water partition coefficient (Wildman–Crippen LogP) is 1.57. The lowest BCUT2D eigenvalue weighted by Gasteiger charge is -2.36. The molecule has 42 heavy (non-hydrogen) atoms. The number of rotatable bonds is 6. The zero-order valence-electron chi connectivity index (χ0n) is 24.6. The summed E-state index contributed by atoms with van der Waals surface area (Å²) in [7, 11) is 1.64. The normalized spacial score (nSPS) is 20.9. The Labute approximate surface area is 246 Å². The van der Waals surface area contributed by atoms with Gasteiger partial charge in [0.15, 0.2) is 0 Å². The van der Waals surface area contributed by atoms with Crippen LogP contribution in [0.1, 0.15) is 42.6 Å². The lowest BCUT2D eigenvalue weighted by molar-refractivity contribution is -0.138. The summed E-state index contributed by atoms with van der Waals surface area (Å²) in [6.07, 6.45) is 0.140. The molecule has 0 radical (unpaired) electrons. The van der Waals surface area contributed by atoms with Crippen LogP contribution < -0.4 is 25.4 Å². The maximum absolute atomic E-state index is 13.8. The molecule has 226 valence electrons. The number of ether oxygens (including phenoxy) is 2. The average molecular weight is 580 g/mol. The Morgan fingerprint density at radius 1 is 1.02 bits per heavy atom. The van der Waals surface area contributed by atoms with Crippen molar-refractivity contribution in [3.05, 3.63) is 59.7 Å². The van der Waals surface area contributed by atoms with Crippen LogP contribution in [-0.4, -0.2) is 92.0 Å². The number of amides is 4. The second kappa shape index (κ2) is 14.7. The highest BCUT2D eigenvalue weighted by atomic mass is 16.5. The molecular formula is C31H41N5O6. The van der Waals surface area contributed by atoms with E-state index < -0.39 is 23.9 Å². The van der Waals surface area contributed by atoms with E-state index in [1.54, 1.807) is 36.3 Å². The third-order valence-corrected chi connectivity index (χ3v) is 7.37. The molecule has 3 N–H and O–H groups in total. The number of para-hydroxylation sites is 1. The fraction of sp³-hybridized carbons (Fsp3) is 0.484. The van der Waals surface area contributed by atoms with Crippen LogP contribution in [0.5, 0.6) is 11.5 Å². The van der Waals surface area contributed by atoms with E-state index in [0.29, 0.717) is 38.3 Å². The molecule has 0 aromatic heterocycles. The standard InChI is InChI=1S/C31H41N5O6/c1-21(2)17-25-30(39)32-11-16-42-27-10-5-4-9-24(27)29(38)34-26(19-28(37)33-25)31(40)36-14-12-35(13-15-36)20-22-7-6-8-23(18-22)41-3/h4-10,18,21,25-26H,11-17,19-20H2,1-3H3,(H,32,39)(H,33,37)(H,34,38)/t25-,26-/m0/s1. The molecule has 0 unspecified atom stereocenters. The SMILES string of the molecule is COc1cccc(CN2CCN(C(=O)[C@@H]3CC(=O)N[C@@H](CC(C)C)C(=O)NCCOc4ccccc4C(=O)N3)CC2)c1. The van der Waals surface area contributed by atoms with Gasteiger partial charge in [-0.25, -0.2) is 0 Å². The summed E-state index contributed by atoms with van der Waals surface area (Å²) >= 11 is 0. The van der Waals surface area contributed by atoms with Crippen molar-refractivity contribution in [3.63, 3.8) is 0 Å². The Bertz CT molecular complexity index is 1260. The molecule has 4 amide bonds. The number of benzene rings is 2. The minimum atomic E-state index is -1.11. The van der Waals surface area contributed by atoms with Crippen LogP contribution in [0.3, 0.4) is 0 Å². The topological polar surface area (TPSA) is 129 Å². The van der Waals surface area contributed by atoms with Gasteiger partial charge < -0.3 is 30.3 Å². The molecule has 2 heterocycles. The van der Waals surface area contributed by atoms with Gasteiger partial charge >= 0.3 is 0 Å². The van der Waals surface area contributed by atoms with E-state index >= 15 is 0 Å². The van der Waals surface area contributed by atoms with E-state index in [2.05, 4.69) is 20.9 Å². The maximum Gasteiger partial charge on any atom is 0.255 e. The Hall–Kier alpha value is -4.12. The molecule has 0 aliphatic carbocycles. The Morgan fingerprint density at radius 2 is 1.79 bits per heavy atom. The largest absolute Gasteiger partial charge is 0.497 e. The Kier molecular flexibility index (Phi) is 10.8. The zero-order chi connectivity index (χ0) is 30.1. The second-order valence-corrected chi connectivity index (χ2v) is 11.1. The fourth-order valence-corrected chi connectivity index (χ4v) is 5.19. The lowest BCUT2D eigenvalue weighted by atomic mass is 10.0. The Morgan fingerprint density at radius 3 is 2.52 bits per heavy atom. The van der Waals surface area contributed by atoms with Crippen LogP contribution in [0, 0.1) is 5.92 Å². The van der Waals surface area contributed by atoms with Crippen LogP contribution in [-0.2, 0) is 20.9 Å². The van der Waals surface area contributed by atoms with Gasteiger partial charge in [-0.2, -0.15) is 0 Å². The number of methoxy groups -OCH3 is 1. The molecule has 2 aromatic carbocycles. The first-order valence-corrected chi connectivity index (χ1v) is 14.5. The van der Waals surface area contributed by atoms with E-state index in [4.69, 9.17) is 9.47 Å². The molecule has 11 nitrogen and oxygen atoms in total. The zero-order valence-corrected chi connectivity index (χ0v) is 24.6. The first kappa shape index (κ1) is 30.8. The monoisotopic (exact) mass is 579 g/mol. The number of hydrogen-bond donors (Lipinski definition) is 3. The summed E-state index contributed by atoms with van der Waals surface area (Å²) in [5, 5.41) is 8.37. The van der Waals surface area contributed by atoms with Crippen LogP contribution in [0.4, 0.5) is 0 Å². The smallest absolute Gasteiger partial charge is 0.255 e. The minimum absolute atomic E-state index is 0.140. The van der Waals surface area contributed by atoms with Crippen molar-refractivity contribution in [3.8, 4) is 11.5 Å². The molecule has 2 aromatic rings. The number of nitrogens with zero attached hydrogens (tertiary/aromatic N) is 2. The van der Waals surface area contributed by atoms with Crippen LogP contribution in [0.2, 0.25) is 0 Å². The number of fused-ring (bicyclic) bond motifs is 1. The number of nitrogens with one attached hydrogen (secondary N) is 3. The van der Waals surface area contributed by atoms with E-state index in [1.165, 1.54) is 0 Å². The third kappa shape index (κ3) is 8.45. The first-order chi connectivity index (χ1) is 20.2. The fourth-order valence-electron chi connectivity index (χ4n) is 5.19. The van der Waals surface area contributed by atoms with Crippen molar-refractivity contribution in [2.24, 2.45) is 5.92 Å². The molecule has 0 spiro atoms. The molecular weight excluding hydrogens is 538 g/mol. The number of piperazine rings is 1. The van der Waals surface area contributed by atoms with E-state index in [0.717, 1.165) is 17.9 Å². The summed E-state index contributed by atoms with van der Waals surface area (Å²) in [6.45, 7) is 7.19. The minimum Gasteiger partial charge on any atom is -0.497 e. The number of hydrogen-bond acceptors (Lipinski definition) is 7. The number of carbonyl (C=O) groups excluding carboxylic acids is 4.